The molecule has 0 aliphatic heterocycles. The van der Waals surface area contributed by atoms with Gasteiger partial charge in [-0.3, -0.25) is 14.7 Å². The van der Waals surface area contributed by atoms with Gasteiger partial charge in [-0.15, -0.1) is 0 Å². The molecule has 0 spiro atoms. The SMILES string of the molecule is O=C(CNCP(=O)(O)O)OCCO. The van der Waals surface area contributed by atoms with Crippen molar-refractivity contribution in [1.82, 2.24) is 5.32 Å². The van der Waals surface area contributed by atoms with Crippen LogP contribution >= 0.6 is 7.60 Å². The lowest BCUT2D eigenvalue weighted by Crippen LogP contribution is -2.26. The van der Waals surface area contributed by atoms with Crippen LogP contribution in [0, 0.1) is 0 Å². The van der Waals surface area contributed by atoms with Crippen LogP contribution in [0.1, 0.15) is 0 Å². The minimum absolute atomic E-state index is 0.115. The van der Waals surface area contributed by atoms with Crippen molar-refractivity contribution in [3.63, 3.8) is 0 Å². The van der Waals surface area contributed by atoms with E-state index in [1.807, 2.05) is 0 Å². The van der Waals surface area contributed by atoms with E-state index in [9.17, 15) is 9.36 Å². The summed E-state index contributed by atoms with van der Waals surface area (Å²) in [5, 5.41) is 10.5. The molecule has 13 heavy (non-hydrogen) atoms. The molecule has 0 bridgehead atoms. The van der Waals surface area contributed by atoms with Gasteiger partial charge in [0.1, 0.15) is 6.61 Å². The average Bonchev–Trinajstić information content (AvgIpc) is 1.98. The van der Waals surface area contributed by atoms with Crippen molar-refractivity contribution in [2.24, 2.45) is 0 Å². The Morgan fingerprint density at radius 3 is 2.54 bits per heavy atom. The lowest BCUT2D eigenvalue weighted by Gasteiger charge is -2.05. The zero-order valence-electron chi connectivity index (χ0n) is 6.84. The van der Waals surface area contributed by atoms with Gasteiger partial charge in [0.25, 0.3) is 0 Å². The number of carbonyl (C=O) groups excluding carboxylic acids is 1. The summed E-state index contributed by atoms with van der Waals surface area (Å²) in [6.45, 7) is -0.675. The van der Waals surface area contributed by atoms with Gasteiger partial charge in [0.2, 0.25) is 0 Å². The summed E-state index contributed by atoms with van der Waals surface area (Å²) in [6, 6.07) is 0. The van der Waals surface area contributed by atoms with Gasteiger partial charge >= 0.3 is 13.6 Å². The molecule has 0 rings (SSSR count). The Balaban J connectivity index is 3.43. The molecule has 0 saturated heterocycles. The van der Waals surface area contributed by atoms with Crippen LogP contribution in [-0.4, -0.2) is 46.9 Å². The molecule has 0 aliphatic carbocycles. The molecule has 7 nitrogen and oxygen atoms in total. The molecular formula is C5H12NO6P. The zero-order valence-corrected chi connectivity index (χ0v) is 7.74. The molecule has 0 atom stereocenters. The van der Waals surface area contributed by atoms with Crippen LogP contribution in [0.5, 0.6) is 0 Å². The van der Waals surface area contributed by atoms with E-state index in [2.05, 4.69) is 10.1 Å². The van der Waals surface area contributed by atoms with E-state index in [1.165, 1.54) is 0 Å². The smallest absolute Gasteiger partial charge is 0.339 e. The maximum absolute atomic E-state index is 10.6. The van der Waals surface area contributed by atoms with Gasteiger partial charge in [-0.1, -0.05) is 0 Å². The van der Waals surface area contributed by atoms with Crippen molar-refractivity contribution in [3.8, 4) is 0 Å². The number of hydrogen-bond acceptors (Lipinski definition) is 5. The number of esters is 1. The molecule has 0 unspecified atom stereocenters. The number of ether oxygens (including phenoxy) is 1. The fourth-order valence-corrected chi connectivity index (χ4v) is 0.917. The zero-order chi connectivity index (χ0) is 10.3. The molecule has 0 aromatic heterocycles. The van der Waals surface area contributed by atoms with E-state index in [0.717, 1.165) is 0 Å². The van der Waals surface area contributed by atoms with Gasteiger partial charge in [0.15, 0.2) is 0 Å². The fraction of sp³-hybridized carbons (Fsp3) is 0.800. The number of aliphatic hydroxyl groups excluding tert-OH is 1. The minimum Gasteiger partial charge on any atom is -0.462 e. The Morgan fingerprint density at radius 1 is 1.46 bits per heavy atom. The lowest BCUT2D eigenvalue weighted by molar-refractivity contribution is -0.143. The second-order valence-electron chi connectivity index (χ2n) is 2.19. The quantitative estimate of drug-likeness (QED) is 0.305. The second kappa shape index (κ2) is 6.06. The van der Waals surface area contributed by atoms with Crippen LogP contribution in [0.2, 0.25) is 0 Å². The Bertz CT molecular complexity index is 201. The Morgan fingerprint density at radius 2 is 2.08 bits per heavy atom. The molecule has 0 radical (unpaired) electrons. The maximum atomic E-state index is 10.6. The van der Waals surface area contributed by atoms with Gasteiger partial charge in [0.05, 0.1) is 19.4 Å². The van der Waals surface area contributed by atoms with Crippen molar-refractivity contribution in [2.75, 3.05) is 26.0 Å². The number of rotatable bonds is 6. The number of carbonyl (C=O) groups is 1. The van der Waals surface area contributed by atoms with Crippen LogP contribution in [0.4, 0.5) is 0 Å². The number of aliphatic hydroxyl groups is 1. The molecule has 0 aromatic rings. The van der Waals surface area contributed by atoms with E-state index in [-0.39, 0.29) is 19.8 Å². The topological polar surface area (TPSA) is 116 Å². The summed E-state index contributed by atoms with van der Waals surface area (Å²) in [4.78, 5) is 27.4. The Hall–Kier alpha value is -0.460. The first-order valence-corrected chi connectivity index (χ1v) is 5.27. The average molecular weight is 213 g/mol. The van der Waals surface area contributed by atoms with Crippen LogP contribution in [0.3, 0.4) is 0 Å². The van der Waals surface area contributed by atoms with Gasteiger partial charge in [-0.2, -0.15) is 0 Å². The second-order valence-corrected chi connectivity index (χ2v) is 3.84. The predicted molar refractivity (Wildman–Crippen MR) is 43.0 cm³/mol. The molecular weight excluding hydrogens is 201 g/mol. The Kier molecular flexibility index (Phi) is 5.85. The summed E-state index contributed by atoms with van der Waals surface area (Å²) in [5.41, 5.74) is 0. The third-order valence-corrected chi connectivity index (χ3v) is 1.58. The van der Waals surface area contributed by atoms with Gasteiger partial charge in [-0.25, -0.2) is 0 Å². The van der Waals surface area contributed by atoms with E-state index in [0.29, 0.717) is 0 Å². The first-order chi connectivity index (χ1) is 5.95. The third kappa shape index (κ3) is 9.45. The molecule has 4 N–H and O–H groups in total. The maximum Gasteiger partial charge on any atom is 0.339 e. The van der Waals surface area contributed by atoms with Crippen molar-refractivity contribution in [1.29, 1.82) is 0 Å². The van der Waals surface area contributed by atoms with Crippen LogP contribution < -0.4 is 5.32 Å². The molecule has 0 fully saturated rings. The molecule has 0 saturated carbocycles. The van der Waals surface area contributed by atoms with Crippen molar-refractivity contribution in [2.45, 2.75) is 0 Å². The van der Waals surface area contributed by atoms with Crippen molar-refractivity contribution < 1.29 is 29.0 Å². The van der Waals surface area contributed by atoms with E-state index < -0.39 is 19.9 Å². The van der Waals surface area contributed by atoms with E-state index in [1.54, 1.807) is 0 Å². The minimum atomic E-state index is -4.12. The molecule has 0 amide bonds. The number of hydrogen-bond donors (Lipinski definition) is 4. The van der Waals surface area contributed by atoms with Crippen LogP contribution in [-0.2, 0) is 14.1 Å². The van der Waals surface area contributed by atoms with Gasteiger partial charge in [-0.05, 0) is 0 Å². The van der Waals surface area contributed by atoms with Crippen molar-refractivity contribution >= 4 is 13.6 Å². The highest BCUT2D eigenvalue weighted by Gasteiger charge is 2.12. The van der Waals surface area contributed by atoms with Gasteiger partial charge in [0, 0.05) is 0 Å². The first kappa shape index (κ1) is 12.5. The summed E-state index contributed by atoms with van der Waals surface area (Å²) >= 11 is 0. The standard InChI is InChI=1S/C5H12NO6P/c7-1-2-12-5(8)3-6-4-13(9,10)11/h6-7H,1-4H2,(H2,9,10,11). The molecule has 0 aromatic carbocycles. The monoisotopic (exact) mass is 213 g/mol. The van der Waals surface area contributed by atoms with Crippen molar-refractivity contribution in [3.05, 3.63) is 0 Å². The normalized spacial score (nSPS) is 11.3. The van der Waals surface area contributed by atoms with E-state index >= 15 is 0 Å². The highest BCUT2D eigenvalue weighted by atomic mass is 31.2. The number of nitrogens with one attached hydrogen (secondary N) is 1. The summed E-state index contributed by atoms with van der Waals surface area (Å²) < 4.78 is 14.7. The molecule has 78 valence electrons. The lowest BCUT2D eigenvalue weighted by atomic mass is 10.6. The fourth-order valence-electron chi connectivity index (χ4n) is 0.514. The van der Waals surface area contributed by atoms with Gasteiger partial charge < -0.3 is 19.6 Å². The van der Waals surface area contributed by atoms with E-state index in [4.69, 9.17) is 14.9 Å². The summed E-state index contributed by atoms with van der Waals surface area (Å²) in [6.07, 6.45) is -0.568. The van der Waals surface area contributed by atoms with Crippen LogP contribution in [0.25, 0.3) is 0 Å². The predicted octanol–water partition coefficient (Wildman–Crippen LogP) is -1.75. The summed E-state index contributed by atoms with van der Waals surface area (Å²) in [5.74, 6) is -0.664. The largest absolute Gasteiger partial charge is 0.462 e. The Labute approximate surface area is 74.9 Å². The first-order valence-electron chi connectivity index (χ1n) is 3.47. The molecule has 0 heterocycles. The third-order valence-electron chi connectivity index (χ3n) is 0.941. The highest BCUT2D eigenvalue weighted by molar-refractivity contribution is 7.51. The molecule has 8 heteroatoms. The van der Waals surface area contributed by atoms with Crippen LogP contribution in [0.15, 0.2) is 0 Å². The summed E-state index contributed by atoms with van der Waals surface area (Å²) in [7, 11) is -4.12. The highest BCUT2D eigenvalue weighted by Crippen LogP contribution is 2.31. The molecule has 0 aliphatic rings.